The van der Waals surface area contributed by atoms with Gasteiger partial charge in [0.1, 0.15) is 11.6 Å². The van der Waals surface area contributed by atoms with Crippen LogP contribution < -0.4 is 4.74 Å². The Bertz CT molecular complexity index is 1120. The molecule has 4 nitrogen and oxygen atoms in total. The van der Waals surface area contributed by atoms with Gasteiger partial charge < -0.3 is 4.74 Å². The fourth-order valence-electron chi connectivity index (χ4n) is 3.14. The number of rotatable bonds is 3. The van der Waals surface area contributed by atoms with Gasteiger partial charge in [-0.1, -0.05) is 24.3 Å². The van der Waals surface area contributed by atoms with E-state index in [0.717, 1.165) is 33.8 Å². The highest BCUT2D eigenvalue weighted by Crippen LogP contribution is 2.31. The highest BCUT2D eigenvalue weighted by molar-refractivity contribution is 5.81. The summed E-state index contributed by atoms with van der Waals surface area (Å²) in [6.07, 6.45) is 1.75. The van der Waals surface area contributed by atoms with E-state index < -0.39 is 0 Å². The fourth-order valence-corrected chi connectivity index (χ4v) is 3.14. The molecule has 4 aromatic rings. The number of aromatic nitrogens is 3. The molecule has 4 rings (SSSR count). The van der Waals surface area contributed by atoms with Gasteiger partial charge in [-0.2, -0.15) is 5.10 Å². The molecule has 0 bridgehead atoms. The van der Waals surface area contributed by atoms with Crippen molar-refractivity contribution in [1.29, 1.82) is 0 Å². The zero-order chi connectivity index (χ0) is 18.3. The van der Waals surface area contributed by atoms with Crippen LogP contribution in [0.5, 0.6) is 5.75 Å². The van der Waals surface area contributed by atoms with Crippen LogP contribution in [-0.2, 0) is 0 Å². The Balaban J connectivity index is 1.95. The van der Waals surface area contributed by atoms with Crippen LogP contribution >= 0.6 is 0 Å². The van der Waals surface area contributed by atoms with Crippen LogP contribution in [0.2, 0.25) is 0 Å². The minimum atomic E-state index is -0.231. The lowest BCUT2D eigenvalue weighted by Gasteiger charge is -2.07. The number of halogens is 1. The lowest BCUT2D eigenvalue weighted by molar-refractivity contribution is 0.415. The highest BCUT2D eigenvalue weighted by Gasteiger charge is 2.16. The van der Waals surface area contributed by atoms with Crippen LogP contribution in [0.3, 0.4) is 0 Å². The molecule has 0 aliphatic rings. The second-order valence-corrected chi connectivity index (χ2v) is 6.22. The molecule has 2 aromatic carbocycles. The predicted molar refractivity (Wildman–Crippen MR) is 99.8 cm³/mol. The van der Waals surface area contributed by atoms with Crippen molar-refractivity contribution in [1.82, 2.24) is 14.6 Å². The SMILES string of the molecule is COc1cccc(-c2ccnc3c(-c4ccc(C)c(F)c4)c(C)nn23)c1. The molecule has 26 heavy (non-hydrogen) atoms. The summed E-state index contributed by atoms with van der Waals surface area (Å²) in [4.78, 5) is 4.51. The monoisotopic (exact) mass is 347 g/mol. The minimum absolute atomic E-state index is 0.231. The Labute approximate surface area is 150 Å². The van der Waals surface area contributed by atoms with Crippen molar-refractivity contribution in [3.8, 4) is 28.1 Å². The largest absolute Gasteiger partial charge is 0.497 e. The Kier molecular flexibility index (Phi) is 3.92. The zero-order valence-electron chi connectivity index (χ0n) is 14.8. The van der Waals surface area contributed by atoms with E-state index in [1.807, 2.05) is 43.3 Å². The van der Waals surface area contributed by atoms with Crippen molar-refractivity contribution in [2.45, 2.75) is 13.8 Å². The normalized spacial score (nSPS) is 11.1. The van der Waals surface area contributed by atoms with Crippen molar-refractivity contribution in [2.24, 2.45) is 0 Å². The lowest BCUT2D eigenvalue weighted by atomic mass is 10.0. The van der Waals surface area contributed by atoms with Gasteiger partial charge in [-0.25, -0.2) is 13.9 Å². The van der Waals surface area contributed by atoms with Crippen LogP contribution in [0.15, 0.2) is 54.7 Å². The molecule has 130 valence electrons. The molecule has 0 aliphatic heterocycles. The number of ether oxygens (including phenoxy) is 1. The first-order valence-corrected chi connectivity index (χ1v) is 8.34. The second-order valence-electron chi connectivity index (χ2n) is 6.22. The maximum absolute atomic E-state index is 14.1. The van der Waals surface area contributed by atoms with Crippen molar-refractivity contribution in [3.05, 3.63) is 71.8 Å². The summed E-state index contributed by atoms with van der Waals surface area (Å²) in [5.74, 6) is 0.544. The van der Waals surface area contributed by atoms with Gasteiger partial charge in [0.25, 0.3) is 0 Å². The molecule has 0 radical (unpaired) electrons. The molecule has 0 aliphatic carbocycles. The molecular weight excluding hydrogens is 329 g/mol. The number of nitrogens with zero attached hydrogens (tertiary/aromatic N) is 3. The van der Waals surface area contributed by atoms with Crippen LogP contribution in [0.4, 0.5) is 4.39 Å². The van der Waals surface area contributed by atoms with Crippen molar-refractivity contribution >= 4 is 5.65 Å². The van der Waals surface area contributed by atoms with Crippen LogP contribution in [-0.4, -0.2) is 21.7 Å². The number of benzene rings is 2. The van der Waals surface area contributed by atoms with Gasteiger partial charge in [-0.05, 0) is 49.2 Å². The standard InChI is InChI=1S/C21H18FN3O/c1-13-7-8-16(12-18(13)22)20-14(2)24-25-19(9-10-23-21(20)25)15-5-4-6-17(11-15)26-3/h4-12H,1-3H3. The molecule has 0 saturated heterocycles. The quantitative estimate of drug-likeness (QED) is 0.533. The van der Waals surface area contributed by atoms with E-state index in [4.69, 9.17) is 4.74 Å². The minimum Gasteiger partial charge on any atom is -0.497 e. The Morgan fingerprint density at radius 3 is 2.62 bits per heavy atom. The maximum atomic E-state index is 14.1. The van der Waals surface area contributed by atoms with Gasteiger partial charge in [0.15, 0.2) is 5.65 Å². The number of aryl methyl sites for hydroxylation is 2. The smallest absolute Gasteiger partial charge is 0.163 e. The summed E-state index contributed by atoms with van der Waals surface area (Å²) in [7, 11) is 1.64. The van der Waals surface area contributed by atoms with Gasteiger partial charge in [0.2, 0.25) is 0 Å². The van der Waals surface area contributed by atoms with Crippen LogP contribution in [0.1, 0.15) is 11.3 Å². The Hall–Kier alpha value is -3.21. The third-order valence-electron chi connectivity index (χ3n) is 4.52. The molecular formula is C21H18FN3O. The van der Waals surface area contributed by atoms with E-state index in [-0.39, 0.29) is 5.82 Å². The molecule has 0 atom stereocenters. The van der Waals surface area contributed by atoms with Gasteiger partial charge in [-0.15, -0.1) is 0 Å². The fraction of sp³-hybridized carbons (Fsp3) is 0.143. The van der Waals surface area contributed by atoms with E-state index in [1.54, 1.807) is 36.9 Å². The molecule has 0 unspecified atom stereocenters. The van der Waals surface area contributed by atoms with Gasteiger partial charge in [0, 0.05) is 17.3 Å². The van der Waals surface area contributed by atoms with Gasteiger partial charge >= 0.3 is 0 Å². The maximum Gasteiger partial charge on any atom is 0.163 e. The first-order valence-electron chi connectivity index (χ1n) is 8.34. The predicted octanol–water partition coefficient (Wildman–Crippen LogP) is 4.83. The van der Waals surface area contributed by atoms with E-state index in [9.17, 15) is 4.39 Å². The Morgan fingerprint density at radius 2 is 1.85 bits per heavy atom. The molecule has 0 N–H and O–H groups in total. The summed E-state index contributed by atoms with van der Waals surface area (Å²) >= 11 is 0. The molecule has 0 amide bonds. The first kappa shape index (κ1) is 16.3. The van der Waals surface area contributed by atoms with Crippen molar-refractivity contribution in [3.63, 3.8) is 0 Å². The summed E-state index contributed by atoms with van der Waals surface area (Å²) in [5.41, 5.74) is 5.61. The average Bonchev–Trinajstić information content (AvgIpc) is 3.00. The summed E-state index contributed by atoms with van der Waals surface area (Å²) < 4.78 is 21.2. The van der Waals surface area contributed by atoms with Crippen molar-refractivity contribution < 1.29 is 9.13 Å². The zero-order valence-corrected chi connectivity index (χ0v) is 14.8. The molecule has 0 fully saturated rings. The number of fused-ring (bicyclic) bond motifs is 1. The van der Waals surface area contributed by atoms with E-state index in [0.29, 0.717) is 11.2 Å². The second kappa shape index (κ2) is 6.26. The summed E-state index contributed by atoms with van der Waals surface area (Å²) in [6.45, 7) is 3.67. The molecule has 0 saturated carbocycles. The summed E-state index contributed by atoms with van der Waals surface area (Å²) in [5, 5.41) is 4.66. The lowest BCUT2D eigenvalue weighted by Crippen LogP contribution is -1.96. The first-order chi connectivity index (χ1) is 12.6. The number of hydrogen-bond donors (Lipinski definition) is 0. The topological polar surface area (TPSA) is 39.4 Å². The highest BCUT2D eigenvalue weighted by atomic mass is 19.1. The average molecular weight is 347 g/mol. The van der Waals surface area contributed by atoms with E-state index in [1.165, 1.54) is 0 Å². The third-order valence-corrected chi connectivity index (χ3v) is 4.52. The van der Waals surface area contributed by atoms with E-state index in [2.05, 4.69) is 10.1 Å². The molecule has 2 aromatic heterocycles. The summed E-state index contributed by atoms with van der Waals surface area (Å²) in [6, 6.07) is 14.9. The molecule has 0 spiro atoms. The van der Waals surface area contributed by atoms with Gasteiger partial charge in [-0.3, -0.25) is 0 Å². The van der Waals surface area contributed by atoms with Crippen LogP contribution in [0, 0.1) is 19.7 Å². The Morgan fingerprint density at radius 1 is 1.00 bits per heavy atom. The third kappa shape index (κ3) is 2.62. The molecule has 2 heterocycles. The number of hydrogen-bond acceptors (Lipinski definition) is 3. The van der Waals surface area contributed by atoms with E-state index >= 15 is 0 Å². The number of methoxy groups -OCH3 is 1. The van der Waals surface area contributed by atoms with Crippen molar-refractivity contribution in [2.75, 3.05) is 7.11 Å². The van der Waals surface area contributed by atoms with Gasteiger partial charge in [0.05, 0.1) is 18.5 Å². The van der Waals surface area contributed by atoms with Crippen LogP contribution in [0.25, 0.3) is 28.0 Å². The molecule has 5 heteroatoms.